The molecule has 108 valence electrons. The van der Waals surface area contributed by atoms with Gasteiger partial charge in [0.2, 0.25) is 5.79 Å². The summed E-state index contributed by atoms with van der Waals surface area (Å²) < 4.78 is 18.8. The first-order chi connectivity index (χ1) is 9.69. The quantitative estimate of drug-likeness (QED) is 0.769. The van der Waals surface area contributed by atoms with Crippen molar-refractivity contribution in [3.8, 4) is 0 Å². The summed E-state index contributed by atoms with van der Waals surface area (Å²) >= 11 is 0. The first kappa shape index (κ1) is 13.7. The predicted molar refractivity (Wildman–Crippen MR) is 73.2 cm³/mol. The summed E-state index contributed by atoms with van der Waals surface area (Å²) in [6, 6.07) is 6.19. The number of hydrogen-bond donors (Lipinski definition) is 0. The van der Waals surface area contributed by atoms with Crippen LogP contribution in [0.3, 0.4) is 0 Å². The van der Waals surface area contributed by atoms with Gasteiger partial charge < -0.3 is 4.74 Å². The lowest BCUT2D eigenvalue weighted by Gasteiger charge is -2.41. The Morgan fingerprint density at radius 2 is 1.85 bits per heavy atom. The van der Waals surface area contributed by atoms with E-state index >= 15 is 0 Å². The Balaban J connectivity index is 1.62. The van der Waals surface area contributed by atoms with Crippen LogP contribution in [-0.4, -0.2) is 18.5 Å². The van der Waals surface area contributed by atoms with Crippen LogP contribution in [-0.2, 0) is 14.5 Å². The van der Waals surface area contributed by atoms with Gasteiger partial charge in [0.05, 0.1) is 6.61 Å². The molecule has 1 spiro atoms. The van der Waals surface area contributed by atoms with Gasteiger partial charge in [-0.25, -0.2) is 14.2 Å². The topological polar surface area (TPSA) is 27.7 Å². The molecule has 0 aromatic heterocycles. The molecule has 1 aromatic rings. The third kappa shape index (κ3) is 2.77. The summed E-state index contributed by atoms with van der Waals surface area (Å²) in [4.78, 5) is 11.0. The maximum absolute atomic E-state index is 12.9. The van der Waals surface area contributed by atoms with Crippen LogP contribution in [0, 0.1) is 5.82 Å². The third-order valence-electron chi connectivity index (χ3n) is 4.03. The molecule has 1 aliphatic carbocycles. The average Bonchev–Trinajstić information content (AvgIpc) is 2.49. The van der Waals surface area contributed by atoms with Gasteiger partial charge in [-0.2, -0.15) is 0 Å². The van der Waals surface area contributed by atoms with Crippen molar-refractivity contribution in [1.82, 2.24) is 0 Å². The van der Waals surface area contributed by atoms with E-state index in [9.17, 15) is 4.39 Å². The zero-order valence-corrected chi connectivity index (χ0v) is 11.4. The second-order valence-corrected chi connectivity index (χ2v) is 5.48. The van der Waals surface area contributed by atoms with Crippen LogP contribution in [0.1, 0.15) is 37.7 Å². The van der Waals surface area contributed by atoms with Crippen LogP contribution in [0.25, 0.3) is 5.57 Å². The van der Waals surface area contributed by atoms with Gasteiger partial charge in [0, 0.05) is 12.8 Å². The fourth-order valence-electron chi connectivity index (χ4n) is 2.75. The lowest BCUT2D eigenvalue weighted by atomic mass is 9.94. The Hall–Kier alpha value is -1.23. The number of ether oxygens (including phenoxy) is 1. The fraction of sp³-hybridized carbons (Fsp3) is 0.500. The van der Waals surface area contributed by atoms with Crippen molar-refractivity contribution in [2.45, 2.75) is 44.0 Å². The van der Waals surface area contributed by atoms with Crippen molar-refractivity contribution in [2.75, 3.05) is 6.61 Å². The van der Waals surface area contributed by atoms with E-state index in [-0.39, 0.29) is 11.9 Å². The molecule has 0 radical (unpaired) electrons. The summed E-state index contributed by atoms with van der Waals surface area (Å²) in [5.41, 5.74) is 1.58. The molecule has 0 amide bonds. The summed E-state index contributed by atoms with van der Waals surface area (Å²) in [7, 11) is 0. The van der Waals surface area contributed by atoms with Crippen LogP contribution in [0.4, 0.5) is 4.39 Å². The highest BCUT2D eigenvalue weighted by Gasteiger charge is 2.41. The first-order valence-corrected chi connectivity index (χ1v) is 7.12. The van der Waals surface area contributed by atoms with E-state index in [0.717, 1.165) is 36.8 Å². The van der Waals surface area contributed by atoms with Gasteiger partial charge in [0.15, 0.2) is 0 Å². The molecule has 3 rings (SSSR count). The fourth-order valence-corrected chi connectivity index (χ4v) is 2.75. The molecule has 20 heavy (non-hydrogen) atoms. The number of rotatable bonds is 2. The number of benzene rings is 1. The van der Waals surface area contributed by atoms with Crippen LogP contribution in [0.2, 0.25) is 0 Å². The largest absolute Gasteiger partial charge is 0.344 e. The summed E-state index contributed by atoms with van der Waals surface area (Å²) in [6.07, 6.45) is 4.85. The molecule has 1 heterocycles. The molecule has 1 saturated carbocycles. The van der Waals surface area contributed by atoms with Crippen molar-refractivity contribution >= 4 is 5.57 Å². The molecular weight excluding hydrogens is 259 g/mol. The molecule has 1 unspecified atom stereocenters. The Kier molecular flexibility index (Phi) is 3.87. The molecule has 1 aliphatic heterocycles. The van der Waals surface area contributed by atoms with Crippen molar-refractivity contribution in [3.05, 3.63) is 42.2 Å². The van der Waals surface area contributed by atoms with Crippen molar-refractivity contribution in [1.29, 1.82) is 0 Å². The Labute approximate surface area is 118 Å². The summed E-state index contributed by atoms with van der Waals surface area (Å²) in [5.74, 6) is -0.822. The highest BCUT2D eigenvalue weighted by molar-refractivity contribution is 5.66. The molecular formula is C16H19FO3. The van der Waals surface area contributed by atoms with Gasteiger partial charge in [-0.1, -0.05) is 25.1 Å². The number of halogens is 1. The molecule has 2 aliphatic rings. The molecule has 0 bridgehead atoms. The Bertz CT molecular complexity index is 467. The van der Waals surface area contributed by atoms with Gasteiger partial charge in [-0.05, 0) is 36.1 Å². The van der Waals surface area contributed by atoms with E-state index < -0.39 is 5.79 Å². The molecule has 4 heteroatoms. The minimum absolute atomic E-state index is 0.264. The maximum atomic E-state index is 12.9. The smallest absolute Gasteiger partial charge is 0.201 e. The van der Waals surface area contributed by atoms with Crippen LogP contribution < -0.4 is 0 Å². The SMILES string of the molecule is C=C(c1ccc(F)cc1)C1COC2(CCCCC2)OO1. The normalized spacial score (nSPS) is 25.6. The molecule has 1 atom stereocenters. The average molecular weight is 278 g/mol. The first-order valence-electron chi connectivity index (χ1n) is 7.12. The van der Waals surface area contributed by atoms with Gasteiger partial charge in [0.1, 0.15) is 11.9 Å². The van der Waals surface area contributed by atoms with E-state index in [1.807, 2.05) is 0 Å². The van der Waals surface area contributed by atoms with E-state index in [1.165, 1.54) is 18.6 Å². The maximum Gasteiger partial charge on any atom is 0.201 e. The predicted octanol–water partition coefficient (Wildman–Crippen LogP) is 3.85. The van der Waals surface area contributed by atoms with Gasteiger partial charge in [-0.3, -0.25) is 0 Å². The summed E-state index contributed by atoms with van der Waals surface area (Å²) in [5, 5.41) is 0. The van der Waals surface area contributed by atoms with Crippen LogP contribution >= 0.6 is 0 Å². The molecule has 1 saturated heterocycles. The van der Waals surface area contributed by atoms with Crippen molar-refractivity contribution in [3.63, 3.8) is 0 Å². The minimum atomic E-state index is -0.558. The van der Waals surface area contributed by atoms with E-state index in [0.29, 0.717) is 6.61 Å². The number of hydrogen-bond acceptors (Lipinski definition) is 3. The highest BCUT2D eigenvalue weighted by atomic mass is 19.1. The van der Waals surface area contributed by atoms with Crippen molar-refractivity contribution in [2.24, 2.45) is 0 Å². The standard InChI is InChI=1S/C16H19FO3/c1-12(13-5-7-14(17)8-6-13)15-11-18-16(20-19-15)9-3-2-4-10-16/h5-8,15H,1-4,9-11H2. The van der Waals surface area contributed by atoms with Gasteiger partial charge in [-0.15, -0.1) is 0 Å². The van der Waals surface area contributed by atoms with E-state index in [1.54, 1.807) is 12.1 Å². The van der Waals surface area contributed by atoms with E-state index in [4.69, 9.17) is 14.5 Å². The van der Waals surface area contributed by atoms with Gasteiger partial charge >= 0.3 is 0 Å². The van der Waals surface area contributed by atoms with Crippen molar-refractivity contribution < 1.29 is 18.9 Å². The van der Waals surface area contributed by atoms with Crippen LogP contribution in [0.15, 0.2) is 30.8 Å². The zero-order chi connectivity index (χ0) is 14.0. The molecule has 0 N–H and O–H groups in total. The lowest BCUT2D eigenvalue weighted by molar-refractivity contribution is -0.483. The highest BCUT2D eigenvalue weighted by Crippen LogP contribution is 2.37. The van der Waals surface area contributed by atoms with Crippen LogP contribution in [0.5, 0.6) is 0 Å². The molecule has 3 nitrogen and oxygen atoms in total. The molecule has 1 aromatic carbocycles. The third-order valence-corrected chi connectivity index (χ3v) is 4.03. The summed E-state index contributed by atoms with van der Waals surface area (Å²) in [6.45, 7) is 4.43. The van der Waals surface area contributed by atoms with E-state index in [2.05, 4.69) is 6.58 Å². The second-order valence-electron chi connectivity index (χ2n) is 5.48. The second kappa shape index (κ2) is 5.64. The van der Waals surface area contributed by atoms with Gasteiger partial charge in [0.25, 0.3) is 0 Å². The zero-order valence-electron chi connectivity index (χ0n) is 11.4. The molecule has 2 fully saturated rings. The Morgan fingerprint density at radius 3 is 2.45 bits per heavy atom. The monoisotopic (exact) mass is 278 g/mol. The Morgan fingerprint density at radius 1 is 1.15 bits per heavy atom. The minimum Gasteiger partial charge on any atom is -0.344 e. The lowest BCUT2D eigenvalue weighted by Crippen LogP contribution is -2.46.